The van der Waals surface area contributed by atoms with E-state index < -0.39 is 10.0 Å². The van der Waals surface area contributed by atoms with Crippen LogP contribution in [0, 0.1) is 6.92 Å². The van der Waals surface area contributed by atoms with Crippen LogP contribution in [0.5, 0.6) is 5.75 Å². The van der Waals surface area contributed by atoms with Crippen LogP contribution in [0.3, 0.4) is 0 Å². The topological polar surface area (TPSA) is 113 Å². The van der Waals surface area contributed by atoms with E-state index in [2.05, 4.69) is 20.2 Å². The second kappa shape index (κ2) is 7.83. The number of amides is 1. The molecule has 0 spiro atoms. The van der Waals surface area contributed by atoms with Gasteiger partial charge in [0, 0.05) is 11.3 Å². The molecule has 0 aliphatic carbocycles. The molecule has 0 radical (unpaired) electrons. The van der Waals surface area contributed by atoms with Crippen LogP contribution in [0.2, 0.25) is 0 Å². The molecule has 146 valence electrons. The van der Waals surface area contributed by atoms with Gasteiger partial charge in [-0.2, -0.15) is 5.10 Å². The Morgan fingerprint density at radius 3 is 2.61 bits per heavy atom. The number of hydrogen-bond acceptors (Lipinski definition) is 5. The number of methoxy groups -OCH3 is 1. The van der Waals surface area contributed by atoms with Gasteiger partial charge in [-0.3, -0.25) is 9.89 Å². The number of aromatic amines is 1. The molecule has 1 aromatic heterocycles. The average Bonchev–Trinajstić information content (AvgIpc) is 3.18. The summed E-state index contributed by atoms with van der Waals surface area (Å²) in [5, 5.41) is 9.60. The largest absolute Gasteiger partial charge is 0.495 e. The quantitative estimate of drug-likeness (QED) is 0.588. The number of nitrogens with one attached hydrogen (secondary N) is 3. The highest BCUT2D eigenvalue weighted by molar-refractivity contribution is 7.89. The van der Waals surface area contributed by atoms with E-state index in [4.69, 9.17) is 4.74 Å². The molecule has 0 unspecified atom stereocenters. The van der Waals surface area contributed by atoms with E-state index in [1.54, 1.807) is 24.3 Å². The van der Waals surface area contributed by atoms with Gasteiger partial charge in [0.15, 0.2) is 0 Å². The normalized spacial score (nSPS) is 11.2. The predicted octanol–water partition coefficient (Wildman–Crippen LogP) is 2.55. The zero-order valence-corrected chi connectivity index (χ0v) is 16.4. The Hall–Kier alpha value is -3.17. The van der Waals surface area contributed by atoms with Crippen molar-refractivity contribution in [2.24, 2.45) is 0 Å². The van der Waals surface area contributed by atoms with Gasteiger partial charge in [0.05, 0.1) is 12.8 Å². The number of nitrogens with zero attached hydrogens (tertiary/aromatic N) is 1. The molecule has 0 aliphatic rings. The molecule has 0 saturated carbocycles. The molecule has 0 atom stereocenters. The van der Waals surface area contributed by atoms with Crippen LogP contribution in [0.1, 0.15) is 16.1 Å². The van der Waals surface area contributed by atoms with Crippen molar-refractivity contribution in [3.05, 3.63) is 59.8 Å². The highest BCUT2D eigenvalue weighted by atomic mass is 32.2. The third-order valence-electron chi connectivity index (χ3n) is 4.12. The van der Waals surface area contributed by atoms with E-state index in [9.17, 15) is 13.2 Å². The van der Waals surface area contributed by atoms with E-state index >= 15 is 0 Å². The number of aryl methyl sites for hydroxylation is 1. The maximum atomic E-state index is 12.4. The van der Waals surface area contributed by atoms with E-state index in [0.717, 1.165) is 5.56 Å². The second-order valence-corrected chi connectivity index (χ2v) is 7.92. The van der Waals surface area contributed by atoms with Crippen molar-refractivity contribution >= 4 is 21.6 Å². The first kappa shape index (κ1) is 19.6. The van der Waals surface area contributed by atoms with Crippen LogP contribution in [0.4, 0.5) is 5.69 Å². The van der Waals surface area contributed by atoms with Crippen molar-refractivity contribution in [3.63, 3.8) is 0 Å². The number of rotatable bonds is 6. The molecule has 28 heavy (non-hydrogen) atoms. The lowest BCUT2D eigenvalue weighted by atomic mass is 10.1. The maximum Gasteiger partial charge on any atom is 0.273 e. The number of carbonyl (C=O) groups is 1. The minimum Gasteiger partial charge on any atom is -0.495 e. The lowest BCUT2D eigenvalue weighted by Crippen LogP contribution is -2.19. The van der Waals surface area contributed by atoms with Crippen LogP contribution in [-0.2, 0) is 10.0 Å². The molecule has 3 aromatic rings. The van der Waals surface area contributed by atoms with Gasteiger partial charge in [0.25, 0.3) is 5.91 Å². The van der Waals surface area contributed by atoms with E-state index in [-0.39, 0.29) is 22.2 Å². The van der Waals surface area contributed by atoms with Gasteiger partial charge >= 0.3 is 0 Å². The summed E-state index contributed by atoms with van der Waals surface area (Å²) in [6.07, 6.45) is 0. The summed E-state index contributed by atoms with van der Waals surface area (Å²) in [5.41, 5.74) is 2.92. The lowest BCUT2D eigenvalue weighted by molar-refractivity contribution is 0.102. The summed E-state index contributed by atoms with van der Waals surface area (Å²) >= 11 is 0. The molecule has 2 aromatic carbocycles. The fourth-order valence-corrected chi connectivity index (χ4v) is 3.58. The Morgan fingerprint density at radius 1 is 1.14 bits per heavy atom. The third-order valence-corrected chi connectivity index (χ3v) is 5.55. The molecular weight excluding hydrogens is 380 g/mol. The number of H-pyrrole nitrogens is 1. The summed E-state index contributed by atoms with van der Waals surface area (Å²) in [7, 11) is -1.00. The Bertz CT molecular complexity index is 1120. The van der Waals surface area contributed by atoms with E-state index in [1.165, 1.54) is 20.2 Å². The van der Waals surface area contributed by atoms with Crippen LogP contribution >= 0.6 is 0 Å². The number of anilines is 1. The van der Waals surface area contributed by atoms with Crippen molar-refractivity contribution in [2.75, 3.05) is 19.5 Å². The van der Waals surface area contributed by atoms with Gasteiger partial charge in [-0.05, 0) is 55.9 Å². The molecule has 0 bridgehead atoms. The second-order valence-electron chi connectivity index (χ2n) is 6.06. The highest BCUT2D eigenvalue weighted by Crippen LogP contribution is 2.29. The first-order valence-corrected chi connectivity index (χ1v) is 9.88. The number of hydrogen-bond donors (Lipinski definition) is 3. The highest BCUT2D eigenvalue weighted by Gasteiger charge is 2.20. The lowest BCUT2D eigenvalue weighted by Gasteiger charge is -2.09. The zero-order valence-electron chi connectivity index (χ0n) is 15.6. The van der Waals surface area contributed by atoms with Crippen molar-refractivity contribution in [1.82, 2.24) is 14.9 Å². The third kappa shape index (κ3) is 4.05. The molecule has 1 amide bonds. The molecule has 8 nitrogen and oxygen atoms in total. The SMILES string of the molecule is CNS(=O)(=O)c1cc(-c2cc(C(=O)Nc3cccc(C)c3)[nH]n2)ccc1OC. The Kier molecular flexibility index (Phi) is 5.48. The Morgan fingerprint density at radius 2 is 1.93 bits per heavy atom. The molecule has 0 aliphatic heterocycles. The summed E-state index contributed by atoms with van der Waals surface area (Å²) in [6, 6.07) is 13.7. The minimum absolute atomic E-state index is 0.0104. The van der Waals surface area contributed by atoms with Crippen molar-refractivity contribution in [3.8, 4) is 17.0 Å². The van der Waals surface area contributed by atoms with Crippen LogP contribution in [-0.4, -0.2) is 38.7 Å². The van der Waals surface area contributed by atoms with E-state index in [0.29, 0.717) is 16.9 Å². The van der Waals surface area contributed by atoms with Gasteiger partial charge in [-0.25, -0.2) is 13.1 Å². The number of carbonyl (C=O) groups excluding carboxylic acids is 1. The van der Waals surface area contributed by atoms with Crippen LogP contribution in [0.25, 0.3) is 11.3 Å². The zero-order chi connectivity index (χ0) is 20.3. The first-order valence-electron chi connectivity index (χ1n) is 8.39. The number of aromatic nitrogens is 2. The number of sulfonamides is 1. The molecular formula is C19H20N4O4S. The fourth-order valence-electron chi connectivity index (χ4n) is 2.66. The molecule has 3 rings (SSSR count). The predicted molar refractivity (Wildman–Crippen MR) is 106 cm³/mol. The van der Waals surface area contributed by atoms with E-state index in [1.807, 2.05) is 25.1 Å². The molecule has 0 fully saturated rings. The van der Waals surface area contributed by atoms with Gasteiger partial charge in [-0.15, -0.1) is 0 Å². The number of benzene rings is 2. The maximum absolute atomic E-state index is 12.4. The van der Waals surface area contributed by atoms with Crippen molar-refractivity contribution < 1.29 is 17.9 Å². The summed E-state index contributed by atoms with van der Waals surface area (Å²) in [4.78, 5) is 12.4. The van der Waals surface area contributed by atoms with Gasteiger partial charge in [0.2, 0.25) is 10.0 Å². The van der Waals surface area contributed by atoms with Crippen molar-refractivity contribution in [2.45, 2.75) is 11.8 Å². The molecule has 0 saturated heterocycles. The molecule has 9 heteroatoms. The average molecular weight is 400 g/mol. The van der Waals surface area contributed by atoms with Gasteiger partial charge in [0.1, 0.15) is 16.3 Å². The first-order chi connectivity index (χ1) is 13.3. The standard InChI is InChI=1S/C19H20N4O4S/c1-12-5-4-6-14(9-12)21-19(24)16-11-15(22-23-16)13-7-8-17(27-3)18(10-13)28(25,26)20-2/h4-11,20H,1-3H3,(H,21,24)(H,22,23). The Balaban J connectivity index is 1.89. The van der Waals surface area contributed by atoms with Gasteiger partial charge in [-0.1, -0.05) is 12.1 Å². The smallest absolute Gasteiger partial charge is 0.273 e. The van der Waals surface area contributed by atoms with Crippen LogP contribution in [0.15, 0.2) is 53.4 Å². The number of ether oxygens (including phenoxy) is 1. The minimum atomic E-state index is -3.72. The van der Waals surface area contributed by atoms with Gasteiger partial charge < -0.3 is 10.1 Å². The summed E-state index contributed by atoms with van der Waals surface area (Å²) in [6.45, 7) is 1.93. The van der Waals surface area contributed by atoms with Crippen molar-refractivity contribution in [1.29, 1.82) is 0 Å². The molecule has 3 N–H and O–H groups in total. The monoisotopic (exact) mass is 400 g/mol. The fraction of sp³-hybridized carbons (Fsp3) is 0.158. The van der Waals surface area contributed by atoms with Crippen LogP contribution < -0.4 is 14.8 Å². The Labute approximate surface area is 163 Å². The molecule has 1 heterocycles. The summed E-state index contributed by atoms with van der Waals surface area (Å²) in [5.74, 6) is -0.132. The summed E-state index contributed by atoms with van der Waals surface area (Å²) < 4.78 is 31.8.